The molecule has 0 aromatic heterocycles. The summed E-state index contributed by atoms with van der Waals surface area (Å²) in [5, 5.41) is 3.38. The Morgan fingerprint density at radius 2 is 2.12 bits per heavy atom. The van der Waals surface area contributed by atoms with Gasteiger partial charge in [-0.05, 0) is 31.2 Å². The lowest BCUT2D eigenvalue weighted by Crippen LogP contribution is -2.37. The van der Waals surface area contributed by atoms with Crippen LogP contribution in [0.5, 0.6) is 0 Å². The predicted molar refractivity (Wildman–Crippen MR) is 71.3 cm³/mol. The Morgan fingerprint density at radius 1 is 1.29 bits per heavy atom. The highest BCUT2D eigenvalue weighted by molar-refractivity contribution is 4.71. The molecule has 0 heterocycles. The second-order valence-corrected chi connectivity index (χ2v) is 5.39. The summed E-state index contributed by atoms with van der Waals surface area (Å²) in [5.41, 5.74) is 0. The molecule has 0 amide bonds. The number of nitrogens with one attached hydrogen (secondary N) is 1. The van der Waals surface area contributed by atoms with Crippen molar-refractivity contribution in [1.82, 2.24) is 5.32 Å². The minimum atomic E-state index is 0.339. The van der Waals surface area contributed by atoms with Gasteiger partial charge in [0.1, 0.15) is 0 Å². The summed E-state index contributed by atoms with van der Waals surface area (Å²) < 4.78 is 11.0. The van der Waals surface area contributed by atoms with Crippen molar-refractivity contribution in [3.63, 3.8) is 0 Å². The highest BCUT2D eigenvalue weighted by Gasteiger charge is 2.19. The van der Waals surface area contributed by atoms with Gasteiger partial charge in [-0.3, -0.25) is 0 Å². The molecule has 1 aliphatic rings. The van der Waals surface area contributed by atoms with E-state index >= 15 is 0 Å². The molecule has 1 saturated carbocycles. The normalized spacial score (nSPS) is 27.0. The Balaban J connectivity index is 2.11. The van der Waals surface area contributed by atoms with Gasteiger partial charge in [-0.15, -0.1) is 0 Å². The maximum atomic E-state index is 5.85. The van der Waals surface area contributed by atoms with Gasteiger partial charge in [0.15, 0.2) is 0 Å². The summed E-state index contributed by atoms with van der Waals surface area (Å²) in [4.78, 5) is 0. The lowest BCUT2D eigenvalue weighted by atomic mass is 9.83. The number of ether oxygens (including phenoxy) is 2. The maximum Gasteiger partial charge on any atom is 0.0642 e. The summed E-state index contributed by atoms with van der Waals surface area (Å²) in [6.45, 7) is 7.87. The number of hydrogen-bond acceptors (Lipinski definition) is 3. The van der Waals surface area contributed by atoms with Crippen molar-refractivity contribution in [2.75, 3.05) is 33.5 Å². The zero-order valence-corrected chi connectivity index (χ0v) is 11.7. The van der Waals surface area contributed by atoms with Gasteiger partial charge in [0.05, 0.1) is 19.3 Å². The first-order valence-corrected chi connectivity index (χ1v) is 7.06. The fourth-order valence-electron chi connectivity index (χ4n) is 2.74. The van der Waals surface area contributed by atoms with Crippen LogP contribution in [-0.2, 0) is 9.47 Å². The lowest BCUT2D eigenvalue weighted by molar-refractivity contribution is 0.0430. The third-order valence-corrected chi connectivity index (χ3v) is 3.58. The first kappa shape index (κ1) is 14.9. The Morgan fingerprint density at radius 3 is 2.76 bits per heavy atom. The molecule has 0 aliphatic heterocycles. The molecule has 3 heteroatoms. The van der Waals surface area contributed by atoms with E-state index in [2.05, 4.69) is 19.2 Å². The fourth-order valence-corrected chi connectivity index (χ4v) is 2.74. The molecule has 102 valence electrons. The van der Waals surface area contributed by atoms with Crippen LogP contribution in [0.25, 0.3) is 0 Å². The van der Waals surface area contributed by atoms with E-state index in [1.165, 1.54) is 25.7 Å². The largest absolute Gasteiger partial charge is 0.383 e. The molecule has 3 nitrogen and oxygen atoms in total. The minimum absolute atomic E-state index is 0.339. The van der Waals surface area contributed by atoms with E-state index in [4.69, 9.17) is 9.47 Å². The maximum absolute atomic E-state index is 5.85. The summed E-state index contributed by atoms with van der Waals surface area (Å²) in [7, 11) is 1.74. The Kier molecular flexibility index (Phi) is 7.82. The number of rotatable bonds is 8. The SMILES string of the molecule is CCNC(COC)COCC1CCCC(C)C1. The Hall–Kier alpha value is -0.120. The van der Waals surface area contributed by atoms with Crippen LogP contribution in [0.15, 0.2) is 0 Å². The van der Waals surface area contributed by atoms with Gasteiger partial charge < -0.3 is 14.8 Å². The van der Waals surface area contributed by atoms with Crippen LogP contribution in [0.3, 0.4) is 0 Å². The van der Waals surface area contributed by atoms with Crippen LogP contribution in [0, 0.1) is 11.8 Å². The standard InChI is InChI=1S/C14H29NO2/c1-4-15-14(10-16-3)11-17-9-13-7-5-6-12(2)8-13/h12-15H,4-11H2,1-3H3. The van der Waals surface area contributed by atoms with Crippen molar-refractivity contribution in [2.24, 2.45) is 11.8 Å². The highest BCUT2D eigenvalue weighted by atomic mass is 16.5. The average molecular weight is 243 g/mol. The second kappa shape index (κ2) is 8.90. The minimum Gasteiger partial charge on any atom is -0.383 e. The summed E-state index contributed by atoms with van der Waals surface area (Å²) in [5.74, 6) is 1.67. The zero-order chi connectivity index (χ0) is 12.5. The van der Waals surface area contributed by atoms with Gasteiger partial charge in [0.25, 0.3) is 0 Å². The molecular formula is C14H29NO2. The van der Waals surface area contributed by atoms with Crippen molar-refractivity contribution in [1.29, 1.82) is 0 Å². The quantitative estimate of drug-likeness (QED) is 0.710. The van der Waals surface area contributed by atoms with Gasteiger partial charge in [-0.25, -0.2) is 0 Å². The van der Waals surface area contributed by atoms with E-state index < -0.39 is 0 Å². The molecule has 0 spiro atoms. The van der Waals surface area contributed by atoms with Crippen molar-refractivity contribution < 1.29 is 9.47 Å². The highest BCUT2D eigenvalue weighted by Crippen LogP contribution is 2.28. The molecule has 1 N–H and O–H groups in total. The molecule has 0 aromatic carbocycles. The van der Waals surface area contributed by atoms with Gasteiger partial charge >= 0.3 is 0 Å². The molecule has 0 radical (unpaired) electrons. The molecule has 0 bridgehead atoms. The van der Waals surface area contributed by atoms with Crippen LogP contribution in [0.2, 0.25) is 0 Å². The fraction of sp³-hybridized carbons (Fsp3) is 1.00. The van der Waals surface area contributed by atoms with Crippen LogP contribution in [-0.4, -0.2) is 39.5 Å². The summed E-state index contributed by atoms with van der Waals surface area (Å²) in [6, 6.07) is 0.339. The van der Waals surface area contributed by atoms with Crippen molar-refractivity contribution in [3.05, 3.63) is 0 Å². The van der Waals surface area contributed by atoms with Gasteiger partial charge in [-0.1, -0.05) is 26.7 Å². The van der Waals surface area contributed by atoms with Crippen LogP contribution >= 0.6 is 0 Å². The number of hydrogen-bond donors (Lipinski definition) is 1. The Bertz CT molecular complexity index is 176. The van der Waals surface area contributed by atoms with Gasteiger partial charge in [0, 0.05) is 13.7 Å². The molecule has 1 fully saturated rings. The molecule has 0 aromatic rings. The molecular weight excluding hydrogens is 214 g/mol. The lowest BCUT2D eigenvalue weighted by Gasteiger charge is -2.27. The molecule has 1 aliphatic carbocycles. The van der Waals surface area contributed by atoms with E-state index in [-0.39, 0.29) is 0 Å². The van der Waals surface area contributed by atoms with E-state index in [0.717, 1.165) is 38.2 Å². The van der Waals surface area contributed by atoms with E-state index in [9.17, 15) is 0 Å². The zero-order valence-electron chi connectivity index (χ0n) is 11.7. The molecule has 17 heavy (non-hydrogen) atoms. The molecule has 1 rings (SSSR count). The third kappa shape index (κ3) is 6.39. The molecule has 0 saturated heterocycles. The topological polar surface area (TPSA) is 30.5 Å². The smallest absolute Gasteiger partial charge is 0.0642 e. The summed E-state index contributed by atoms with van der Waals surface area (Å²) >= 11 is 0. The first-order chi connectivity index (χ1) is 8.26. The summed E-state index contributed by atoms with van der Waals surface area (Å²) in [6.07, 6.45) is 5.47. The van der Waals surface area contributed by atoms with Crippen LogP contribution in [0.4, 0.5) is 0 Å². The number of methoxy groups -OCH3 is 1. The van der Waals surface area contributed by atoms with E-state index in [1.807, 2.05) is 0 Å². The van der Waals surface area contributed by atoms with Crippen LogP contribution < -0.4 is 5.32 Å². The monoisotopic (exact) mass is 243 g/mol. The van der Waals surface area contributed by atoms with Gasteiger partial charge in [-0.2, -0.15) is 0 Å². The average Bonchev–Trinajstić information content (AvgIpc) is 2.30. The first-order valence-electron chi connectivity index (χ1n) is 7.06. The van der Waals surface area contributed by atoms with Gasteiger partial charge in [0.2, 0.25) is 0 Å². The van der Waals surface area contributed by atoms with E-state index in [0.29, 0.717) is 6.04 Å². The predicted octanol–water partition coefficient (Wildman–Crippen LogP) is 2.45. The number of likely N-dealkylation sites (N-methyl/N-ethyl adjacent to an activating group) is 1. The van der Waals surface area contributed by atoms with Crippen LogP contribution in [0.1, 0.15) is 39.5 Å². The molecule has 3 atom stereocenters. The van der Waals surface area contributed by atoms with E-state index in [1.54, 1.807) is 7.11 Å². The molecule has 3 unspecified atom stereocenters. The Labute approximate surface area is 106 Å². The van der Waals surface area contributed by atoms with Crippen molar-refractivity contribution in [2.45, 2.75) is 45.6 Å². The second-order valence-electron chi connectivity index (χ2n) is 5.39. The third-order valence-electron chi connectivity index (χ3n) is 3.58. The van der Waals surface area contributed by atoms with Crippen molar-refractivity contribution >= 4 is 0 Å². The van der Waals surface area contributed by atoms with Crippen molar-refractivity contribution in [3.8, 4) is 0 Å².